The van der Waals surface area contributed by atoms with Crippen molar-refractivity contribution in [3.63, 3.8) is 0 Å². The number of hydrogen-bond donors (Lipinski definition) is 1. The summed E-state index contributed by atoms with van der Waals surface area (Å²) in [5.74, 6) is 0.337. The zero-order chi connectivity index (χ0) is 19.4. The molecule has 1 heterocycles. The number of nitrogens with one attached hydrogen (secondary N) is 1. The molecule has 2 amide bonds. The lowest BCUT2D eigenvalue weighted by atomic mass is 9.88. The standard InChI is InChI=1S/C21H31N3O3/c1-16-20(26)24(17-10-6-7-11-18(17)27-16)14-19(25)22-15-21(23(2)3)12-8-4-5-9-13-21/h6-7,10-11,16H,4-5,8-9,12-15H2,1-3H3,(H,22,25). The molecule has 6 nitrogen and oxygen atoms in total. The predicted octanol–water partition coefficient (Wildman–Crippen LogP) is 2.57. The van der Waals surface area contributed by atoms with Crippen LogP contribution >= 0.6 is 0 Å². The van der Waals surface area contributed by atoms with Crippen molar-refractivity contribution >= 4 is 17.5 Å². The molecule has 6 heteroatoms. The average Bonchev–Trinajstić information content (AvgIpc) is 2.90. The minimum absolute atomic E-state index is 0.00633. The van der Waals surface area contributed by atoms with Crippen LogP contribution in [0.5, 0.6) is 5.75 Å². The highest BCUT2D eigenvalue weighted by atomic mass is 16.5. The van der Waals surface area contributed by atoms with Crippen molar-refractivity contribution in [3.8, 4) is 5.75 Å². The summed E-state index contributed by atoms with van der Waals surface area (Å²) in [5.41, 5.74) is 0.666. The first kappa shape index (κ1) is 19.7. The Morgan fingerprint density at radius 3 is 2.56 bits per heavy atom. The minimum Gasteiger partial charge on any atom is -0.479 e. The van der Waals surface area contributed by atoms with Gasteiger partial charge in [0.1, 0.15) is 12.3 Å². The quantitative estimate of drug-likeness (QED) is 0.806. The third-order valence-electron chi connectivity index (χ3n) is 5.97. The number of likely N-dealkylation sites (N-methyl/N-ethyl adjacent to an activating group) is 1. The number of benzene rings is 1. The number of carbonyl (C=O) groups is 2. The third kappa shape index (κ3) is 4.26. The first-order valence-corrected chi connectivity index (χ1v) is 9.94. The van der Waals surface area contributed by atoms with E-state index in [9.17, 15) is 9.59 Å². The molecule has 148 valence electrons. The van der Waals surface area contributed by atoms with Crippen LogP contribution < -0.4 is 15.0 Å². The van der Waals surface area contributed by atoms with E-state index in [-0.39, 0.29) is 23.9 Å². The maximum atomic E-state index is 12.7. The molecule has 0 saturated heterocycles. The topological polar surface area (TPSA) is 61.9 Å². The van der Waals surface area contributed by atoms with Gasteiger partial charge in [0.05, 0.1) is 5.69 Å². The van der Waals surface area contributed by atoms with Crippen molar-refractivity contribution in [2.45, 2.75) is 57.1 Å². The molecular weight excluding hydrogens is 342 g/mol. The van der Waals surface area contributed by atoms with Crippen LogP contribution in [0, 0.1) is 0 Å². The number of para-hydroxylation sites is 2. The van der Waals surface area contributed by atoms with E-state index in [0.717, 1.165) is 12.8 Å². The summed E-state index contributed by atoms with van der Waals surface area (Å²) in [6.07, 6.45) is 6.53. The zero-order valence-electron chi connectivity index (χ0n) is 16.7. The van der Waals surface area contributed by atoms with Crippen molar-refractivity contribution < 1.29 is 14.3 Å². The number of anilines is 1. The van der Waals surface area contributed by atoms with Crippen LogP contribution in [-0.2, 0) is 9.59 Å². The normalized spacial score (nSPS) is 22.0. The largest absolute Gasteiger partial charge is 0.479 e. The van der Waals surface area contributed by atoms with Crippen molar-refractivity contribution in [2.24, 2.45) is 0 Å². The second-order valence-corrected chi connectivity index (χ2v) is 7.96. The van der Waals surface area contributed by atoms with Crippen LogP contribution in [0.1, 0.15) is 45.4 Å². The van der Waals surface area contributed by atoms with Crippen molar-refractivity contribution in [1.29, 1.82) is 0 Å². The van der Waals surface area contributed by atoms with E-state index in [4.69, 9.17) is 4.74 Å². The fourth-order valence-corrected chi connectivity index (χ4v) is 4.15. The Hall–Kier alpha value is -2.08. The van der Waals surface area contributed by atoms with Crippen LogP contribution in [0.15, 0.2) is 24.3 Å². The summed E-state index contributed by atoms with van der Waals surface area (Å²) >= 11 is 0. The SMILES string of the molecule is CC1Oc2ccccc2N(CC(=O)NCC2(N(C)C)CCCCCC2)C1=O. The first-order valence-electron chi connectivity index (χ1n) is 9.94. The molecule has 1 saturated carbocycles. The van der Waals surface area contributed by atoms with Gasteiger partial charge in [0.2, 0.25) is 5.91 Å². The number of ether oxygens (including phenoxy) is 1. The maximum Gasteiger partial charge on any atom is 0.268 e. The number of amides is 2. The van der Waals surface area contributed by atoms with E-state index in [1.54, 1.807) is 6.92 Å². The smallest absolute Gasteiger partial charge is 0.268 e. The lowest BCUT2D eigenvalue weighted by molar-refractivity contribution is -0.128. The molecule has 1 aromatic rings. The summed E-state index contributed by atoms with van der Waals surface area (Å²) in [6, 6.07) is 7.37. The highest BCUT2D eigenvalue weighted by Gasteiger charge is 2.35. The second-order valence-electron chi connectivity index (χ2n) is 7.96. The predicted molar refractivity (Wildman–Crippen MR) is 106 cm³/mol. The highest BCUT2D eigenvalue weighted by molar-refractivity contribution is 6.03. The Morgan fingerprint density at radius 2 is 1.89 bits per heavy atom. The maximum absolute atomic E-state index is 12.7. The first-order chi connectivity index (χ1) is 12.9. The molecule has 1 fully saturated rings. The molecule has 1 aliphatic carbocycles. The Labute approximate surface area is 161 Å². The molecule has 1 atom stereocenters. The van der Waals surface area contributed by atoms with Gasteiger partial charge in [-0.15, -0.1) is 0 Å². The molecule has 1 unspecified atom stereocenters. The van der Waals surface area contributed by atoms with Gasteiger partial charge in [0.25, 0.3) is 5.91 Å². The van der Waals surface area contributed by atoms with Crippen molar-refractivity contribution in [1.82, 2.24) is 10.2 Å². The lowest BCUT2D eigenvalue weighted by Gasteiger charge is -2.40. The molecule has 0 spiro atoms. The van der Waals surface area contributed by atoms with Gasteiger partial charge in [-0.2, -0.15) is 0 Å². The van der Waals surface area contributed by atoms with E-state index in [0.29, 0.717) is 18.0 Å². The van der Waals surface area contributed by atoms with Gasteiger partial charge in [-0.25, -0.2) is 0 Å². The summed E-state index contributed by atoms with van der Waals surface area (Å²) in [4.78, 5) is 29.1. The summed E-state index contributed by atoms with van der Waals surface area (Å²) < 4.78 is 5.64. The highest BCUT2D eigenvalue weighted by Crippen LogP contribution is 2.33. The van der Waals surface area contributed by atoms with Gasteiger partial charge < -0.3 is 15.0 Å². The summed E-state index contributed by atoms with van der Waals surface area (Å²) in [6.45, 7) is 2.36. The lowest BCUT2D eigenvalue weighted by Crippen LogP contribution is -2.55. The van der Waals surface area contributed by atoms with Gasteiger partial charge in [0, 0.05) is 12.1 Å². The van der Waals surface area contributed by atoms with Crippen molar-refractivity contribution in [3.05, 3.63) is 24.3 Å². The van der Waals surface area contributed by atoms with Crippen LogP contribution in [0.2, 0.25) is 0 Å². The van der Waals surface area contributed by atoms with Crippen LogP contribution in [0.3, 0.4) is 0 Å². The van der Waals surface area contributed by atoms with Crippen LogP contribution in [-0.4, -0.2) is 55.5 Å². The molecule has 3 rings (SSSR count). The van der Waals surface area contributed by atoms with Gasteiger partial charge >= 0.3 is 0 Å². The number of carbonyl (C=O) groups excluding carboxylic acids is 2. The average molecular weight is 373 g/mol. The summed E-state index contributed by atoms with van der Waals surface area (Å²) in [5, 5.41) is 3.10. The second kappa shape index (κ2) is 8.30. The van der Waals surface area contributed by atoms with E-state index in [1.807, 2.05) is 24.3 Å². The van der Waals surface area contributed by atoms with Gasteiger partial charge in [-0.3, -0.25) is 14.5 Å². The molecule has 1 N–H and O–H groups in total. The Bertz CT molecular complexity index is 681. The fourth-order valence-electron chi connectivity index (χ4n) is 4.15. The molecule has 1 aromatic carbocycles. The minimum atomic E-state index is -0.581. The fraction of sp³-hybridized carbons (Fsp3) is 0.619. The van der Waals surface area contributed by atoms with Gasteiger partial charge in [-0.1, -0.05) is 37.8 Å². The number of hydrogen-bond acceptors (Lipinski definition) is 4. The Kier molecular flexibility index (Phi) is 6.05. The molecule has 0 bridgehead atoms. The van der Waals surface area contributed by atoms with Crippen LogP contribution in [0.25, 0.3) is 0 Å². The Balaban J connectivity index is 1.67. The van der Waals surface area contributed by atoms with E-state index in [2.05, 4.69) is 24.3 Å². The van der Waals surface area contributed by atoms with Gasteiger partial charge in [-0.05, 0) is 46.0 Å². The monoisotopic (exact) mass is 373 g/mol. The molecular formula is C21H31N3O3. The Morgan fingerprint density at radius 1 is 1.22 bits per heavy atom. The molecule has 0 radical (unpaired) electrons. The molecule has 27 heavy (non-hydrogen) atoms. The molecule has 1 aliphatic heterocycles. The number of rotatable bonds is 5. The van der Waals surface area contributed by atoms with E-state index in [1.165, 1.54) is 30.6 Å². The zero-order valence-corrected chi connectivity index (χ0v) is 16.7. The van der Waals surface area contributed by atoms with Crippen LogP contribution in [0.4, 0.5) is 5.69 Å². The molecule has 0 aromatic heterocycles. The van der Waals surface area contributed by atoms with Gasteiger partial charge in [0.15, 0.2) is 6.10 Å². The molecule has 2 aliphatic rings. The van der Waals surface area contributed by atoms with E-state index >= 15 is 0 Å². The summed E-state index contributed by atoms with van der Waals surface area (Å²) in [7, 11) is 4.20. The third-order valence-corrected chi connectivity index (χ3v) is 5.97. The van der Waals surface area contributed by atoms with Crippen molar-refractivity contribution in [2.75, 3.05) is 32.1 Å². The number of fused-ring (bicyclic) bond motifs is 1. The van der Waals surface area contributed by atoms with E-state index < -0.39 is 6.10 Å². The number of nitrogens with zero attached hydrogens (tertiary/aromatic N) is 2.